The molecule has 2 rings (SSSR count). The monoisotopic (exact) mass is 310 g/mol. The predicted octanol–water partition coefficient (Wildman–Crippen LogP) is 4.18. The minimum Gasteiger partial charge on any atom is -0.285 e. The normalized spacial score (nSPS) is 30.6. The molecule has 0 aromatic heterocycles. The minimum absolute atomic E-state index is 0.144. The largest absolute Gasteiger partial charge is 0.285 e. The lowest BCUT2D eigenvalue weighted by molar-refractivity contribution is 0.208. The topological polar surface area (TPSA) is 54.4 Å². The van der Waals surface area contributed by atoms with Crippen molar-refractivity contribution in [3.8, 4) is 0 Å². The van der Waals surface area contributed by atoms with Crippen molar-refractivity contribution in [3.63, 3.8) is 0 Å². The van der Waals surface area contributed by atoms with Gasteiger partial charge in [-0.3, -0.25) is 4.55 Å². The Bertz CT molecular complexity index is 606. The number of benzene rings is 1. The molecule has 3 nitrogen and oxygen atoms in total. The maximum atomic E-state index is 12.0. The Hall–Kier alpha value is -0.870. The molecule has 0 aliphatic heterocycles. The summed E-state index contributed by atoms with van der Waals surface area (Å²) in [5.74, 6) is 0.891. The summed E-state index contributed by atoms with van der Waals surface area (Å²) >= 11 is 0. The van der Waals surface area contributed by atoms with Crippen LogP contribution < -0.4 is 0 Å². The zero-order valence-corrected chi connectivity index (χ0v) is 14.2. The fraction of sp³-hybridized carbons (Fsp3) is 0.647. The number of aryl methyl sites for hydroxylation is 1. The van der Waals surface area contributed by atoms with E-state index in [1.54, 1.807) is 6.92 Å². The highest BCUT2D eigenvalue weighted by atomic mass is 32.2. The van der Waals surface area contributed by atoms with Gasteiger partial charge >= 0.3 is 0 Å². The molecule has 3 unspecified atom stereocenters. The van der Waals surface area contributed by atoms with Gasteiger partial charge in [0, 0.05) is 5.92 Å². The van der Waals surface area contributed by atoms with Crippen LogP contribution in [0.15, 0.2) is 24.3 Å². The van der Waals surface area contributed by atoms with Gasteiger partial charge in [-0.15, -0.1) is 0 Å². The first-order chi connectivity index (χ1) is 9.67. The van der Waals surface area contributed by atoms with E-state index in [-0.39, 0.29) is 5.92 Å². The first-order valence-electron chi connectivity index (χ1n) is 7.69. The van der Waals surface area contributed by atoms with Crippen LogP contribution in [0.3, 0.4) is 0 Å². The van der Waals surface area contributed by atoms with Gasteiger partial charge < -0.3 is 0 Å². The molecule has 1 aromatic rings. The molecule has 0 bridgehead atoms. The quantitative estimate of drug-likeness (QED) is 0.852. The van der Waals surface area contributed by atoms with Gasteiger partial charge in [-0.05, 0) is 56.1 Å². The summed E-state index contributed by atoms with van der Waals surface area (Å²) in [6.07, 6.45) is 2.20. The molecule has 0 radical (unpaired) electrons. The molecule has 0 saturated heterocycles. The molecule has 118 valence electrons. The Morgan fingerprint density at radius 2 is 1.90 bits per heavy atom. The average Bonchev–Trinajstić information content (AvgIpc) is 2.38. The third kappa shape index (κ3) is 3.02. The molecule has 3 atom stereocenters. The van der Waals surface area contributed by atoms with Crippen molar-refractivity contribution in [1.29, 1.82) is 0 Å². The Labute approximate surface area is 128 Å². The van der Waals surface area contributed by atoms with E-state index in [9.17, 15) is 13.0 Å². The van der Waals surface area contributed by atoms with E-state index in [1.165, 1.54) is 0 Å². The summed E-state index contributed by atoms with van der Waals surface area (Å²) in [6.45, 7) is 8.10. The molecule has 1 saturated carbocycles. The summed E-state index contributed by atoms with van der Waals surface area (Å²) < 4.78 is 32.8. The molecule has 1 fully saturated rings. The van der Waals surface area contributed by atoms with Crippen LogP contribution in [-0.2, 0) is 10.1 Å². The van der Waals surface area contributed by atoms with Gasteiger partial charge in [0.25, 0.3) is 10.1 Å². The highest BCUT2D eigenvalue weighted by Gasteiger charge is 2.50. The van der Waals surface area contributed by atoms with Crippen molar-refractivity contribution < 1.29 is 13.0 Å². The summed E-state index contributed by atoms with van der Waals surface area (Å²) in [7, 11) is -4.09. The Balaban J connectivity index is 2.50. The van der Waals surface area contributed by atoms with Crippen LogP contribution in [0.1, 0.15) is 57.1 Å². The van der Waals surface area contributed by atoms with Gasteiger partial charge in [-0.1, -0.05) is 38.1 Å². The SMILES string of the molecule is Cc1ccccc1C1CC(C(C)C)CCC1(C)S(=O)(=O)O. The molecule has 0 spiro atoms. The smallest absolute Gasteiger partial charge is 0.270 e. The lowest BCUT2D eigenvalue weighted by Gasteiger charge is -2.44. The van der Waals surface area contributed by atoms with Crippen molar-refractivity contribution in [2.75, 3.05) is 0 Å². The van der Waals surface area contributed by atoms with Gasteiger partial charge in [0.15, 0.2) is 0 Å². The lowest BCUT2D eigenvalue weighted by atomic mass is 9.67. The Morgan fingerprint density at radius 3 is 2.43 bits per heavy atom. The van der Waals surface area contributed by atoms with Gasteiger partial charge in [-0.25, -0.2) is 0 Å². The van der Waals surface area contributed by atoms with E-state index in [0.717, 1.165) is 24.0 Å². The van der Waals surface area contributed by atoms with E-state index in [0.29, 0.717) is 18.3 Å². The zero-order valence-electron chi connectivity index (χ0n) is 13.3. The minimum atomic E-state index is -4.09. The number of hydrogen-bond donors (Lipinski definition) is 1. The van der Waals surface area contributed by atoms with Crippen LogP contribution in [-0.4, -0.2) is 17.7 Å². The molecular weight excluding hydrogens is 284 g/mol. The van der Waals surface area contributed by atoms with Crippen molar-refractivity contribution >= 4 is 10.1 Å². The second kappa shape index (κ2) is 5.73. The molecule has 0 heterocycles. The standard InChI is InChI=1S/C17H26O3S/c1-12(2)14-9-10-17(4,21(18,19)20)16(11-14)15-8-6-5-7-13(15)3/h5-8,12,14,16H,9-11H2,1-4H3,(H,18,19,20). The van der Waals surface area contributed by atoms with E-state index in [2.05, 4.69) is 13.8 Å². The maximum Gasteiger partial charge on any atom is 0.270 e. The fourth-order valence-electron chi connectivity index (χ4n) is 3.66. The summed E-state index contributed by atoms with van der Waals surface area (Å²) in [5.41, 5.74) is 2.16. The van der Waals surface area contributed by atoms with Crippen molar-refractivity contribution in [1.82, 2.24) is 0 Å². The van der Waals surface area contributed by atoms with Gasteiger partial charge in [-0.2, -0.15) is 8.42 Å². The van der Waals surface area contributed by atoms with Gasteiger partial charge in [0.05, 0.1) is 0 Å². The first-order valence-corrected chi connectivity index (χ1v) is 9.13. The second-order valence-corrected chi connectivity index (χ2v) is 8.86. The summed E-state index contributed by atoms with van der Waals surface area (Å²) in [4.78, 5) is 0. The summed E-state index contributed by atoms with van der Waals surface area (Å²) in [6, 6.07) is 7.93. The highest BCUT2D eigenvalue weighted by molar-refractivity contribution is 7.87. The van der Waals surface area contributed by atoms with Gasteiger partial charge in [0.2, 0.25) is 0 Å². The Morgan fingerprint density at radius 1 is 1.29 bits per heavy atom. The van der Waals surface area contributed by atoms with Crippen molar-refractivity contribution in [3.05, 3.63) is 35.4 Å². The average molecular weight is 310 g/mol. The van der Waals surface area contributed by atoms with E-state index >= 15 is 0 Å². The molecule has 21 heavy (non-hydrogen) atoms. The summed E-state index contributed by atoms with van der Waals surface area (Å²) in [5, 5.41) is 0. The molecule has 1 aromatic carbocycles. The van der Waals surface area contributed by atoms with E-state index in [1.807, 2.05) is 31.2 Å². The van der Waals surface area contributed by atoms with Gasteiger partial charge in [0.1, 0.15) is 4.75 Å². The van der Waals surface area contributed by atoms with E-state index < -0.39 is 14.9 Å². The van der Waals surface area contributed by atoms with Crippen molar-refractivity contribution in [2.45, 2.75) is 57.6 Å². The number of hydrogen-bond acceptors (Lipinski definition) is 2. The van der Waals surface area contributed by atoms with Crippen LogP contribution >= 0.6 is 0 Å². The third-order valence-electron chi connectivity index (χ3n) is 5.38. The molecule has 1 N–H and O–H groups in total. The zero-order chi connectivity index (χ0) is 15.8. The number of rotatable bonds is 3. The lowest BCUT2D eigenvalue weighted by Crippen LogP contribution is -2.46. The molecule has 1 aliphatic rings. The van der Waals surface area contributed by atoms with Crippen LogP contribution in [0.4, 0.5) is 0 Å². The maximum absolute atomic E-state index is 12.0. The molecule has 1 aliphatic carbocycles. The second-order valence-electron chi connectivity index (χ2n) is 6.98. The van der Waals surface area contributed by atoms with Crippen LogP contribution in [0, 0.1) is 18.8 Å². The first kappa shape index (κ1) is 16.5. The molecule has 0 amide bonds. The predicted molar refractivity (Wildman–Crippen MR) is 86.1 cm³/mol. The third-order valence-corrected chi connectivity index (χ3v) is 7.05. The molecular formula is C17H26O3S. The van der Waals surface area contributed by atoms with Crippen LogP contribution in [0.2, 0.25) is 0 Å². The van der Waals surface area contributed by atoms with Crippen LogP contribution in [0.25, 0.3) is 0 Å². The Kier molecular flexibility index (Phi) is 4.50. The van der Waals surface area contributed by atoms with E-state index in [4.69, 9.17) is 0 Å². The van der Waals surface area contributed by atoms with Crippen molar-refractivity contribution in [2.24, 2.45) is 11.8 Å². The van der Waals surface area contributed by atoms with Crippen LogP contribution in [0.5, 0.6) is 0 Å². The molecule has 4 heteroatoms. The fourth-order valence-corrected chi connectivity index (χ4v) is 4.62. The highest BCUT2D eigenvalue weighted by Crippen LogP contribution is 2.49.